The van der Waals surface area contributed by atoms with Crippen molar-refractivity contribution < 1.29 is 19.1 Å². The van der Waals surface area contributed by atoms with Crippen LogP contribution < -0.4 is 10.6 Å². The van der Waals surface area contributed by atoms with Crippen molar-refractivity contribution in [3.8, 4) is 0 Å². The molecule has 41 heavy (non-hydrogen) atoms. The van der Waals surface area contributed by atoms with Gasteiger partial charge in [-0.3, -0.25) is 9.59 Å². The number of nitrogens with zero attached hydrogens (tertiary/aromatic N) is 1. The average molecular weight is 576 g/mol. The number of amides is 3. The maximum absolute atomic E-state index is 14.5. The highest BCUT2D eigenvalue weighted by Crippen LogP contribution is 2.37. The highest BCUT2D eigenvalue weighted by Gasteiger charge is 2.44. The third-order valence-corrected chi connectivity index (χ3v) is 7.14. The maximum atomic E-state index is 14.5. The van der Waals surface area contributed by atoms with Crippen molar-refractivity contribution in [2.45, 2.75) is 77.6 Å². The van der Waals surface area contributed by atoms with Gasteiger partial charge in [0.25, 0.3) is 5.91 Å². The largest absolute Gasteiger partial charge is 0.444 e. The lowest BCUT2D eigenvalue weighted by Gasteiger charge is -2.35. The van der Waals surface area contributed by atoms with Gasteiger partial charge in [0.2, 0.25) is 5.91 Å². The number of carbonyl (C=O) groups excluding carboxylic acids is 3. The highest BCUT2D eigenvalue weighted by molar-refractivity contribution is 6.34. The Labute approximate surface area is 247 Å². The van der Waals surface area contributed by atoms with Gasteiger partial charge in [-0.25, -0.2) is 4.79 Å². The number of nitrogens with one attached hydrogen (secondary N) is 2. The van der Waals surface area contributed by atoms with Gasteiger partial charge in [-0.1, -0.05) is 83.9 Å². The molecule has 3 aromatic rings. The summed E-state index contributed by atoms with van der Waals surface area (Å²) in [6.07, 6.45) is 1.08. The number of benzene rings is 3. The minimum absolute atomic E-state index is 0.148. The number of alkyl carbamates (subject to hydrolysis) is 1. The fraction of sp³-hybridized carbons (Fsp3) is 0.364. The molecule has 7 nitrogen and oxygen atoms in total. The van der Waals surface area contributed by atoms with Crippen LogP contribution in [-0.2, 0) is 20.7 Å². The first-order chi connectivity index (χ1) is 19.4. The zero-order valence-corrected chi connectivity index (χ0v) is 25.0. The molecule has 1 fully saturated rings. The number of hydrogen-bond donors (Lipinski definition) is 2. The lowest BCUT2D eigenvalue weighted by atomic mass is 9.98. The second-order valence-electron chi connectivity index (χ2n) is 11.6. The molecule has 216 valence electrons. The van der Waals surface area contributed by atoms with Gasteiger partial charge in [0.05, 0.1) is 10.7 Å². The fourth-order valence-electron chi connectivity index (χ4n) is 4.81. The quantitative estimate of drug-likeness (QED) is 0.295. The van der Waals surface area contributed by atoms with Gasteiger partial charge >= 0.3 is 6.09 Å². The van der Waals surface area contributed by atoms with E-state index < -0.39 is 23.8 Å². The summed E-state index contributed by atoms with van der Waals surface area (Å²) in [5, 5.41) is 6.22. The molecular weight excluding hydrogens is 538 g/mol. The topological polar surface area (TPSA) is 87.7 Å². The Kier molecular flexibility index (Phi) is 9.38. The van der Waals surface area contributed by atoms with E-state index in [1.807, 2.05) is 80.6 Å². The van der Waals surface area contributed by atoms with Crippen LogP contribution in [0.15, 0.2) is 72.8 Å². The van der Waals surface area contributed by atoms with Crippen molar-refractivity contribution in [1.82, 2.24) is 10.2 Å². The van der Waals surface area contributed by atoms with E-state index in [0.717, 1.165) is 29.5 Å². The summed E-state index contributed by atoms with van der Waals surface area (Å²) >= 11 is 6.46. The van der Waals surface area contributed by atoms with Gasteiger partial charge in [0.15, 0.2) is 0 Å². The Morgan fingerprint density at radius 2 is 1.66 bits per heavy atom. The standard InChI is InChI=1S/C33H38ClN3O4/c1-21-11-9-15-24(19-21)29(30(38)36-28-22(2)12-10-16-26(28)34)37(25-17-18-25)31(39)27(20-23-13-7-6-8-14-23)35-32(40)41-33(3,4)5/h6-16,19,25,27,29H,17-18,20H2,1-5H3,(H,35,40)(H,36,38). The summed E-state index contributed by atoms with van der Waals surface area (Å²) in [7, 11) is 0. The van der Waals surface area contributed by atoms with Crippen molar-refractivity contribution in [3.63, 3.8) is 0 Å². The van der Waals surface area contributed by atoms with Crippen LogP contribution in [0.3, 0.4) is 0 Å². The molecule has 0 aliphatic heterocycles. The Bertz CT molecular complexity index is 1380. The number of aryl methyl sites for hydroxylation is 2. The summed E-state index contributed by atoms with van der Waals surface area (Å²) in [6, 6.07) is 20.4. The first-order valence-corrected chi connectivity index (χ1v) is 14.3. The zero-order valence-electron chi connectivity index (χ0n) is 24.2. The van der Waals surface area contributed by atoms with Crippen molar-refractivity contribution in [2.24, 2.45) is 0 Å². The van der Waals surface area contributed by atoms with Crippen LogP contribution >= 0.6 is 11.6 Å². The molecule has 0 spiro atoms. The fourth-order valence-corrected chi connectivity index (χ4v) is 5.08. The first-order valence-electron chi connectivity index (χ1n) is 13.9. The third kappa shape index (κ3) is 8.10. The van der Waals surface area contributed by atoms with Crippen LogP contribution in [0, 0.1) is 13.8 Å². The number of carbonyl (C=O) groups is 3. The number of anilines is 1. The average Bonchev–Trinajstić information content (AvgIpc) is 3.73. The van der Waals surface area contributed by atoms with Gasteiger partial charge in [-0.2, -0.15) is 0 Å². The van der Waals surface area contributed by atoms with Crippen LogP contribution in [0.1, 0.15) is 61.9 Å². The van der Waals surface area contributed by atoms with E-state index in [2.05, 4.69) is 10.6 Å². The second kappa shape index (κ2) is 12.8. The van der Waals surface area contributed by atoms with Crippen molar-refractivity contribution >= 4 is 35.2 Å². The van der Waals surface area contributed by atoms with Crippen LogP contribution in [0.4, 0.5) is 10.5 Å². The van der Waals surface area contributed by atoms with Crippen LogP contribution in [0.2, 0.25) is 5.02 Å². The predicted molar refractivity (Wildman–Crippen MR) is 162 cm³/mol. The van der Waals surface area contributed by atoms with E-state index in [9.17, 15) is 14.4 Å². The molecule has 2 atom stereocenters. The Morgan fingerprint density at radius 3 is 2.27 bits per heavy atom. The zero-order chi connectivity index (χ0) is 29.7. The molecule has 8 heteroatoms. The smallest absolute Gasteiger partial charge is 0.408 e. The van der Waals surface area contributed by atoms with Crippen LogP contribution in [0.25, 0.3) is 0 Å². The molecule has 3 aromatic carbocycles. The van der Waals surface area contributed by atoms with Crippen molar-refractivity contribution in [3.05, 3.63) is 100 Å². The summed E-state index contributed by atoms with van der Waals surface area (Å²) in [4.78, 5) is 43.1. The first kappa shape index (κ1) is 30.1. The number of rotatable bonds is 9. The second-order valence-corrected chi connectivity index (χ2v) is 12.0. The minimum Gasteiger partial charge on any atom is -0.444 e. The normalized spacial score (nSPS) is 14.5. The molecule has 0 heterocycles. The van der Waals surface area contributed by atoms with Gasteiger partial charge in [0, 0.05) is 12.5 Å². The maximum Gasteiger partial charge on any atom is 0.408 e. The number of para-hydroxylation sites is 1. The molecule has 1 aliphatic rings. The van der Waals surface area contributed by atoms with E-state index in [-0.39, 0.29) is 24.3 Å². The minimum atomic E-state index is -0.949. The molecular formula is C33H38ClN3O4. The SMILES string of the molecule is Cc1cccc(C(C(=O)Nc2c(C)cccc2Cl)N(C(=O)C(Cc2ccccc2)NC(=O)OC(C)(C)C)C2CC2)c1. The van der Waals surface area contributed by atoms with E-state index >= 15 is 0 Å². The highest BCUT2D eigenvalue weighted by atomic mass is 35.5. The molecule has 0 bridgehead atoms. The Morgan fingerprint density at radius 1 is 0.976 bits per heavy atom. The van der Waals surface area contributed by atoms with E-state index in [4.69, 9.17) is 16.3 Å². The number of ether oxygens (including phenoxy) is 1. The van der Waals surface area contributed by atoms with Gasteiger partial charge in [0.1, 0.15) is 17.7 Å². The van der Waals surface area contributed by atoms with E-state index in [1.54, 1.807) is 31.7 Å². The summed E-state index contributed by atoms with van der Waals surface area (Å²) in [6.45, 7) is 9.12. The van der Waals surface area contributed by atoms with Crippen molar-refractivity contribution in [2.75, 3.05) is 5.32 Å². The summed E-state index contributed by atoms with van der Waals surface area (Å²) < 4.78 is 5.51. The van der Waals surface area contributed by atoms with Gasteiger partial charge in [-0.05, 0) is 70.2 Å². The van der Waals surface area contributed by atoms with E-state index in [1.165, 1.54) is 0 Å². The lowest BCUT2D eigenvalue weighted by molar-refractivity contribution is -0.141. The molecule has 1 aliphatic carbocycles. The summed E-state index contributed by atoms with van der Waals surface area (Å²) in [5.74, 6) is -0.720. The predicted octanol–water partition coefficient (Wildman–Crippen LogP) is 6.76. The molecule has 3 amide bonds. The Hall–Kier alpha value is -3.84. The monoisotopic (exact) mass is 575 g/mol. The molecule has 0 aromatic heterocycles. The third-order valence-electron chi connectivity index (χ3n) is 6.82. The van der Waals surface area contributed by atoms with Gasteiger partial charge in [-0.15, -0.1) is 0 Å². The number of halogens is 1. The van der Waals surface area contributed by atoms with Crippen LogP contribution in [-0.4, -0.2) is 40.5 Å². The number of hydrogen-bond acceptors (Lipinski definition) is 4. The van der Waals surface area contributed by atoms with Crippen molar-refractivity contribution in [1.29, 1.82) is 0 Å². The summed E-state index contributed by atoms with van der Waals surface area (Å²) in [5.41, 5.74) is 3.10. The van der Waals surface area contributed by atoms with Crippen LogP contribution in [0.5, 0.6) is 0 Å². The molecule has 2 unspecified atom stereocenters. The Balaban J connectivity index is 1.74. The molecule has 1 saturated carbocycles. The molecule has 2 N–H and O–H groups in total. The van der Waals surface area contributed by atoms with Gasteiger partial charge < -0.3 is 20.3 Å². The lowest BCUT2D eigenvalue weighted by Crippen LogP contribution is -2.54. The molecule has 0 radical (unpaired) electrons. The van der Waals surface area contributed by atoms with E-state index in [0.29, 0.717) is 16.3 Å². The molecule has 0 saturated heterocycles. The molecule has 4 rings (SSSR count).